The Morgan fingerprint density at radius 2 is 1.79 bits per heavy atom. The van der Waals surface area contributed by atoms with Crippen LogP contribution in [0, 0.1) is 5.82 Å². The van der Waals surface area contributed by atoms with E-state index in [9.17, 15) is 19.1 Å². The van der Waals surface area contributed by atoms with Gasteiger partial charge in [0, 0.05) is 16.3 Å². The molecule has 0 aliphatic carbocycles. The van der Waals surface area contributed by atoms with E-state index in [4.69, 9.17) is 27.9 Å². The largest absolute Gasteiger partial charge is 0.507 e. The van der Waals surface area contributed by atoms with E-state index in [1.807, 2.05) is 0 Å². The number of Topliss-reactive ketones (excluding diaryl/α,β-unsaturated/α-hetero) is 1. The van der Waals surface area contributed by atoms with Crippen molar-refractivity contribution in [2.45, 2.75) is 13.0 Å². The molecule has 3 aromatic carbocycles. The highest BCUT2D eigenvalue weighted by Crippen LogP contribution is 2.43. The van der Waals surface area contributed by atoms with Crippen LogP contribution < -0.4 is 9.64 Å². The summed E-state index contributed by atoms with van der Waals surface area (Å²) in [5.41, 5.74) is 0.738. The lowest BCUT2D eigenvalue weighted by Crippen LogP contribution is -2.29. The molecule has 1 aliphatic heterocycles. The molecule has 0 radical (unpaired) electrons. The maximum Gasteiger partial charge on any atom is 0.300 e. The van der Waals surface area contributed by atoms with E-state index in [-0.39, 0.29) is 16.2 Å². The van der Waals surface area contributed by atoms with E-state index in [1.54, 1.807) is 31.2 Å². The standard InChI is InChI=1S/C25H18Cl2FNO4/c1-2-33-18-10-11-20(27)19(13-18)23(30)21-22(14-6-8-16(28)9-7-14)29(25(32)24(21)31)17-5-3-4-15(26)12-17/h3-13,22,30H,2H2,1H3/b23-21+. The summed E-state index contributed by atoms with van der Waals surface area (Å²) in [5.74, 6) is -2.26. The SMILES string of the molecule is CCOc1ccc(Cl)c(/C(O)=C2\C(=O)C(=O)N(c3cccc(Cl)c3)C2c2ccc(F)cc2)c1. The maximum absolute atomic E-state index is 13.6. The van der Waals surface area contributed by atoms with Crippen molar-refractivity contribution in [1.29, 1.82) is 0 Å². The molecule has 5 nitrogen and oxygen atoms in total. The molecule has 0 saturated carbocycles. The molecule has 1 saturated heterocycles. The molecule has 1 aliphatic rings. The zero-order chi connectivity index (χ0) is 23.7. The maximum atomic E-state index is 13.6. The van der Waals surface area contributed by atoms with Crippen LogP contribution in [0.15, 0.2) is 72.3 Å². The van der Waals surface area contributed by atoms with E-state index in [1.165, 1.54) is 47.4 Å². The first-order valence-corrected chi connectivity index (χ1v) is 10.8. The van der Waals surface area contributed by atoms with Crippen LogP contribution in [0.3, 0.4) is 0 Å². The first-order valence-electron chi connectivity index (χ1n) is 10.1. The minimum atomic E-state index is -1.03. The average molecular weight is 486 g/mol. The van der Waals surface area contributed by atoms with Crippen LogP contribution >= 0.6 is 23.2 Å². The van der Waals surface area contributed by atoms with E-state index in [2.05, 4.69) is 0 Å². The van der Waals surface area contributed by atoms with E-state index >= 15 is 0 Å². The Kier molecular flexibility index (Phi) is 6.40. The number of benzene rings is 3. The number of halogens is 3. The predicted molar refractivity (Wildman–Crippen MR) is 125 cm³/mol. The van der Waals surface area contributed by atoms with Gasteiger partial charge in [-0.2, -0.15) is 0 Å². The van der Waals surface area contributed by atoms with Gasteiger partial charge in [0.25, 0.3) is 11.7 Å². The number of hydrogen-bond acceptors (Lipinski definition) is 4. The topological polar surface area (TPSA) is 66.8 Å². The Morgan fingerprint density at radius 1 is 1.06 bits per heavy atom. The van der Waals surface area contributed by atoms with Crippen molar-refractivity contribution in [2.24, 2.45) is 0 Å². The van der Waals surface area contributed by atoms with Crippen LogP contribution in [0.1, 0.15) is 24.1 Å². The van der Waals surface area contributed by atoms with Gasteiger partial charge >= 0.3 is 0 Å². The third-order valence-electron chi connectivity index (χ3n) is 5.22. The summed E-state index contributed by atoms with van der Waals surface area (Å²) in [7, 11) is 0. The number of carbonyl (C=O) groups excluding carboxylic acids is 2. The van der Waals surface area contributed by atoms with Crippen molar-refractivity contribution in [3.05, 3.63) is 99.3 Å². The van der Waals surface area contributed by atoms with Gasteiger partial charge < -0.3 is 9.84 Å². The van der Waals surface area contributed by atoms with Gasteiger partial charge in [0.15, 0.2) is 0 Å². The molecule has 1 N–H and O–H groups in total. The number of carbonyl (C=O) groups is 2. The fourth-order valence-corrected chi connectivity index (χ4v) is 4.16. The number of ether oxygens (including phenoxy) is 1. The first-order chi connectivity index (χ1) is 15.8. The Morgan fingerprint density at radius 3 is 2.45 bits per heavy atom. The summed E-state index contributed by atoms with van der Waals surface area (Å²) in [4.78, 5) is 27.5. The van der Waals surface area contributed by atoms with E-state index < -0.39 is 29.3 Å². The molecular weight excluding hydrogens is 468 g/mol. The second-order valence-electron chi connectivity index (χ2n) is 7.28. The molecule has 1 amide bonds. The number of hydrogen-bond donors (Lipinski definition) is 1. The molecule has 1 atom stereocenters. The lowest BCUT2D eigenvalue weighted by Gasteiger charge is -2.25. The number of rotatable bonds is 5. The molecule has 168 valence electrons. The Balaban J connectivity index is 1.96. The zero-order valence-electron chi connectivity index (χ0n) is 17.4. The monoisotopic (exact) mass is 485 g/mol. The molecule has 1 fully saturated rings. The zero-order valence-corrected chi connectivity index (χ0v) is 18.9. The minimum Gasteiger partial charge on any atom is -0.507 e. The summed E-state index contributed by atoms with van der Waals surface area (Å²) in [5, 5.41) is 11.8. The summed E-state index contributed by atoms with van der Waals surface area (Å²) in [6, 6.07) is 15.4. The molecule has 1 heterocycles. The van der Waals surface area contributed by atoms with Crippen molar-refractivity contribution < 1.29 is 23.8 Å². The van der Waals surface area contributed by atoms with Crippen molar-refractivity contribution >= 4 is 46.3 Å². The second kappa shape index (κ2) is 9.25. The molecule has 3 aromatic rings. The van der Waals surface area contributed by atoms with Gasteiger partial charge in [-0.1, -0.05) is 41.4 Å². The highest BCUT2D eigenvalue weighted by atomic mass is 35.5. The average Bonchev–Trinajstić information content (AvgIpc) is 3.06. The van der Waals surface area contributed by atoms with Crippen molar-refractivity contribution in [2.75, 3.05) is 11.5 Å². The minimum absolute atomic E-state index is 0.138. The molecule has 0 spiro atoms. The summed E-state index contributed by atoms with van der Waals surface area (Å²) >= 11 is 12.4. The van der Waals surface area contributed by atoms with Gasteiger partial charge in [-0.3, -0.25) is 14.5 Å². The van der Waals surface area contributed by atoms with Gasteiger partial charge in [-0.05, 0) is 61.0 Å². The van der Waals surface area contributed by atoms with Gasteiger partial charge in [0.1, 0.15) is 17.3 Å². The van der Waals surface area contributed by atoms with Gasteiger partial charge in [-0.15, -0.1) is 0 Å². The summed E-state index contributed by atoms with van der Waals surface area (Å²) in [6.45, 7) is 2.19. The van der Waals surface area contributed by atoms with Crippen molar-refractivity contribution in [3.8, 4) is 5.75 Å². The molecule has 1 unspecified atom stereocenters. The third kappa shape index (κ3) is 4.32. The van der Waals surface area contributed by atoms with Crippen LogP contribution in [-0.2, 0) is 9.59 Å². The molecule has 0 bridgehead atoms. The quantitative estimate of drug-likeness (QED) is 0.267. The molecule has 8 heteroatoms. The highest BCUT2D eigenvalue weighted by Gasteiger charge is 2.47. The fraction of sp³-hybridized carbons (Fsp3) is 0.120. The summed E-state index contributed by atoms with van der Waals surface area (Å²) in [6.07, 6.45) is 0. The Bertz CT molecular complexity index is 1270. The smallest absolute Gasteiger partial charge is 0.300 e. The van der Waals surface area contributed by atoms with Crippen LogP contribution in [0.25, 0.3) is 5.76 Å². The Hall–Kier alpha value is -3.35. The molecule has 33 heavy (non-hydrogen) atoms. The number of aliphatic hydroxyl groups is 1. The van der Waals surface area contributed by atoms with Gasteiger partial charge in [0.2, 0.25) is 0 Å². The van der Waals surface area contributed by atoms with Gasteiger partial charge in [-0.25, -0.2) is 4.39 Å². The number of nitrogens with zero attached hydrogens (tertiary/aromatic N) is 1. The van der Waals surface area contributed by atoms with Crippen LogP contribution in [-0.4, -0.2) is 23.4 Å². The lowest BCUT2D eigenvalue weighted by molar-refractivity contribution is -0.132. The normalized spacial score (nSPS) is 17.5. The molecular formula is C25H18Cl2FNO4. The highest BCUT2D eigenvalue weighted by molar-refractivity contribution is 6.52. The fourth-order valence-electron chi connectivity index (χ4n) is 3.77. The third-order valence-corrected chi connectivity index (χ3v) is 5.79. The first kappa shape index (κ1) is 22.8. The van der Waals surface area contributed by atoms with Crippen LogP contribution in [0.5, 0.6) is 5.75 Å². The van der Waals surface area contributed by atoms with E-state index in [0.29, 0.717) is 28.6 Å². The molecule has 0 aromatic heterocycles. The van der Waals surface area contributed by atoms with Crippen LogP contribution in [0.2, 0.25) is 10.0 Å². The van der Waals surface area contributed by atoms with E-state index in [0.717, 1.165) is 0 Å². The van der Waals surface area contributed by atoms with Crippen molar-refractivity contribution in [1.82, 2.24) is 0 Å². The lowest BCUT2D eigenvalue weighted by atomic mass is 9.95. The number of anilines is 1. The summed E-state index contributed by atoms with van der Waals surface area (Å²) < 4.78 is 19.1. The Labute approximate surface area is 199 Å². The molecule has 4 rings (SSSR count). The number of amides is 1. The van der Waals surface area contributed by atoms with Crippen LogP contribution in [0.4, 0.5) is 10.1 Å². The second-order valence-corrected chi connectivity index (χ2v) is 8.12. The number of ketones is 1. The van der Waals surface area contributed by atoms with Gasteiger partial charge in [0.05, 0.1) is 23.2 Å². The predicted octanol–water partition coefficient (Wildman–Crippen LogP) is 6.16. The van der Waals surface area contributed by atoms with Crippen molar-refractivity contribution in [3.63, 3.8) is 0 Å². The number of aliphatic hydroxyl groups excluding tert-OH is 1.